The molecule has 3 aromatic heterocycles. The molecular weight excluding hydrogens is 773 g/mol. The first-order valence-electron chi connectivity index (χ1n) is 21.1. The molecule has 0 radical (unpaired) electrons. The summed E-state index contributed by atoms with van der Waals surface area (Å²) < 4.78 is 11.9. The first-order chi connectivity index (χ1) is 30.7. The average Bonchev–Trinajstić information content (AvgIpc) is 4.02. The lowest BCUT2D eigenvalue weighted by atomic mass is 9.98. The lowest BCUT2D eigenvalue weighted by Crippen LogP contribution is -2.10. The van der Waals surface area contributed by atoms with Crippen LogP contribution in [0.25, 0.3) is 103 Å². The monoisotopic (exact) mass is 808 g/mol. The summed E-state index contributed by atoms with van der Waals surface area (Å²) in [6, 6.07) is 79.2. The van der Waals surface area contributed by atoms with Gasteiger partial charge in [0.15, 0.2) is 0 Å². The molecule has 0 aliphatic heterocycles. The molecule has 0 bridgehead atoms. The van der Waals surface area contributed by atoms with E-state index >= 15 is 0 Å². The molecule has 4 heteroatoms. The number of fused-ring (bicyclic) bond motifs is 10. The maximum atomic E-state index is 6.92. The molecule has 13 aromatic rings. The maximum Gasteiger partial charge on any atom is 0.145 e. The van der Waals surface area contributed by atoms with Crippen molar-refractivity contribution in [2.45, 2.75) is 0 Å². The molecule has 0 amide bonds. The Morgan fingerprint density at radius 1 is 0.403 bits per heavy atom. The van der Waals surface area contributed by atoms with E-state index in [0.717, 1.165) is 55.8 Å². The Hall–Kier alpha value is -7.92. The number of nitrogens with zero attached hydrogens (tertiary/aromatic N) is 2. The minimum atomic E-state index is 0.863. The summed E-state index contributed by atoms with van der Waals surface area (Å²) in [5.41, 5.74) is 13.0. The standard InChI is InChI=1S/C58H36N2OS/c1-2-13-39-34-44(30-24-37(39)12-1)59(43-15-11-14-40(35-43)41-27-33-56-50(36-41)48-18-6-10-23-55(48)62-56)53-32-31-45(58-57(53)49-19-5-9-22-54(49)61-58)38-25-28-42(29-26-38)60-51-20-7-3-16-46(51)47-17-4-8-21-52(47)60/h1-36H. The van der Waals surface area contributed by atoms with Crippen LogP contribution in [0.1, 0.15) is 0 Å². The van der Waals surface area contributed by atoms with Crippen molar-refractivity contribution in [2.75, 3.05) is 4.90 Å². The third-order valence-corrected chi connectivity index (χ3v) is 13.7. The van der Waals surface area contributed by atoms with Gasteiger partial charge < -0.3 is 13.9 Å². The van der Waals surface area contributed by atoms with Crippen LogP contribution < -0.4 is 4.90 Å². The zero-order chi connectivity index (χ0) is 40.7. The summed E-state index contributed by atoms with van der Waals surface area (Å²) >= 11 is 1.85. The van der Waals surface area contributed by atoms with Crippen molar-refractivity contribution in [3.05, 3.63) is 218 Å². The summed E-state index contributed by atoms with van der Waals surface area (Å²) in [5.74, 6) is 0. The van der Waals surface area contributed by atoms with Gasteiger partial charge in [-0.25, -0.2) is 0 Å². The van der Waals surface area contributed by atoms with Crippen molar-refractivity contribution in [3.8, 4) is 27.9 Å². The van der Waals surface area contributed by atoms with E-state index in [4.69, 9.17) is 4.42 Å². The summed E-state index contributed by atoms with van der Waals surface area (Å²) in [4.78, 5) is 2.41. The van der Waals surface area contributed by atoms with Gasteiger partial charge in [-0.1, -0.05) is 133 Å². The van der Waals surface area contributed by atoms with Crippen molar-refractivity contribution in [1.82, 2.24) is 4.57 Å². The van der Waals surface area contributed by atoms with E-state index < -0.39 is 0 Å². The van der Waals surface area contributed by atoms with Crippen molar-refractivity contribution in [1.29, 1.82) is 0 Å². The van der Waals surface area contributed by atoms with Gasteiger partial charge in [-0.15, -0.1) is 11.3 Å². The van der Waals surface area contributed by atoms with Crippen LogP contribution in [0.15, 0.2) is 223 Å². The Labute approximate surface area is 361 Å². The van der Waals surface area contributed by atoms with Crippen LogP contribution in [0.4, 0.5) is 17.1 Å². The number of anilines is 3. The number of para-hydroxylation sites is 3. The number of aromatic nitrogens is 1. The lowest BCUT2D eigenvalue weighted by Gasteiger charge is -2.27. The van der Waals surface area contributed by atoms with Crippen LogP contribution in [-0.4, -0.2) is 4.57 Å². The quantitative estimate of drug-likeness (QED) is 0.167. The largest absolute Gasteiger partial charge is 0.455 e. The molecule has 290 valence electrons. The number of thiophene rings is 1. The third kappa shape index (κ3) is 5.44. The Kier molecular flexibility index (Phi) is 7.78. The van der Waals surface area contributed by atoms with Gasteiger partial charge in [0.1, 0.15) is 11.2 Å². The number of hydrogen-bond donors (Lipinski definition) is 0. The second-order valence-corrected chi connectivity index (χ2v) is 17.2. The minimum Gasteiger partial charge on any atom is -0.455 e. The smallest absolute Gasteiger partial charge is 0.145 e. The van der Waals surface area contributed by atoms with Gasteiger partial charge in [0.05, 0.1) is 22.1 Å². The summed E-state index contributed by atoms with van der Waals surface area (Å²) in [5, 5.41) is 9.67. The van der Waals surface area contributed by atoms with Gasteiger partial charge in [-0.05, 0) is 112 Å². The highest BCUT2D eigenvalue weighted by atomic mass is 32.1. The minimum absolute atomic E-state index is 0.863. The van der Waals surface area contributed by atoms with Crippen molar-refractivity contribution >= 4 is 103 Å². The van der Waals surface area contributed by atoms with E-state index in [9.17, 15) is 0 Å². The molecule has 0 unspecified atom stereocenters. The van der Waals surface area contributed by atoms with E-state index in [2.05, 4.69) is 228 Å². The highest BCUT2D eigenvalue weighted by molar-refractivity contribution is 7.25. The fourth-order valence-corrected chi connectivity index (χ4v) is 10.8. The molecule has 13 rings (SSSR count). The number of rotatable bonds is 6. The molecule has 62 heavy (non-hydrogen) atoms. The Morgan fingerprint density at radius 3 is 1.87 bits per heavy atom. The van der Waals surface area contributed by atoms with Crippen molar-refractivity contribution < 1.29 is 4.42 Å². The first kappa shape index (κ1) is 34.9. The average molecular weight is 809 g/mol. The van der Waals surface area contributed by atoms with Crippen LogP contribution in [-0.2, 0) is 0 Å². The molecule has 3 heterocycles. The van der Waals surface area contributed by atoms with E-state index in [1.165, 1.54) is 63.9 Å². The van der Waals surface area contributed by atoms with Crippen LogP contribution in [0, 0.1) is 0 Å². The molecule has 0 fully saturated rings. The van der Waals surface area contributed by atoms with E-state index in [1.54, 1.807) is 0 Å². The molecule has 0 saturated carbocycles. The van der Waals surface area contributed by atoms with E-state index in [-0.39, 0.29) is 0 Å². The predicted molar refractivity (Wildman–Crippen MR) is 264 cm³/mol. The zero-order valence-electron chi connectivity index (χ0n) is 33.5. The Morgan fingerprint density at radius 2 is 1.05 bits per heavy atom. The molecular formula is C58H36N2OS. The van der Waals surface area contributed by atoms with Gasteiger partial charge in [-0.3, -0.25) is 0 Å². The zero-order valence-corrected chi connectivity index (χ0v) is 34.3. The predicted octanol–water partition coefficient (Wildman–Crippen LogP) is 17.0. The number of furan rings is 1. The second-order valence-electron chi connectivity index (χ2n) is 16.1. The molecule has 0 atom stereocenters. The van der Waals surface area contributed by atoms with Gasteiger partial charge >= 0.3 is 0 Å². The second kappa shape index (κ2) is 13.8. The van der Waals surface area contributed by atoms with Crippen LogP contribution >= 0.6 is 11.3 Å². The van der Waals surface area contributed by atoms with Crippen LogP contribution in [0.5, 0.6) is 0 Å². The molecule has 0 N–H and O–H groups in total. The van der Waals surface area contributed by atoms with Gasteiger partial charge in [-0.2, -0.15) is 0 Å². The highest BCUT2D eigenvalue weighted by Crippen LogP contribution is 2.47. The SMILES string of the molecule is c1cc(-c2ccc3sc4ccccc4c3c2)cc(N(c2ccc3ccccc3c2)c2ccc(-c3ccc(-n4c5ccccc5c5ccccc54)cc3)c3oc4ccccc4c23)c1. The molecule has 10 aromatic carbocycles. The fourth-order valence-electron chi connectivity index (χ4n) is 9.69. The molecule has 0 aliphatic carbocycles. The maximum absolute atomic E-state index is 6.92. The Bertz CT molecular complexity index is 3830. The summed E-state index contributed by atoms with van der Waals surface area (Å²) in [7, 11) is 0. The Balaban J connectivity index is 0.994. The molecule has 0 aliphatic rings. The third-order valence-electron chi connectivity index (χ3n) is 12.6. The van der Waals surface area contributed by atoms with E-state index in [1.807, 2.05) is 11.3 Å². The fraction of sp³-hybridized carbons (Fsp3) is 0. The van der Waals surface area contributed by atoms with Gasteiger partial charge in [0.25, 0.3) is 0 Å². The number of benzene rings is 10. The van der Waals surface area contributed by atoms with Crippen LogP contribution in [0.3, 0.4) is 0 Å². The van der Waals surface area contributed by atoms with Gasteiger partial charge in [0, 0.05) is 59.0 Å². The summed E-state index contributed by atoms with van der Waals surface area (Å²) in [6.07, 6.45) is 0. The van der Waals surface area contributed by atoms with Crippen molar-refractivity contribution in [2.24, 2.45) is 0 Å². The number of hydrogen-bond acceptors (Lipinski definition) is 3. The molecule has 3 nitrogen and oxygen atoms in total. The van der Waals surface area contributed by atoms with Crippen LogP contribution in [0.2, 0.25) is 0 Å². The van der Waals surface area contributed by atoms with Crippen molar-refractivity contribution in [3.63, 3.8) is 0 Å². The molecule has 0 spiro atoms. The summed E-state index contributed by atoms with van der Waals surface area (Å²) in [6.45, 7) is 0. The van der Waals surface area contributed by atoms with E-state index in [0.29, 0.717) is 0 Å². The first-order valence-corrected chi connectivity index (χ1v) is 21.9. The molecule has 0 saturated heterocycles. The normalized spacial score (nSPS) is 11.9. The highest BCUT2D eigenvalue weighted by Gasteiger charge is 2.23. The topological polar surface area (TPSA) is 21.3 Å². The lowest BCUT2D eigenvalue weighted by molar-refractivity contribution is 0.670. The van der Waals surface area contributed by atoms with Gasteiger partial charge in [0.2, 0.25) is 0 Å².